The highest BCUT2D eigenvalue weighted by molar-refractivity contribution is 7.21. The fraction of sp³-hybridized carbons (Fsp3) is 0.167. The van der Waals surface area contributed by atoms with Gasteiger partial charge in [-0.1, -0.05) is 0 Å². The third-order valence-corrected chi connectivity index (χ3v) is 4.90. The molecular weight excluding hydrogens is 336 g/mol. The molecule has 2 aromatic heterocycles. The van der Waals surface area contributed by atoms with E-state index in [1.165, 1.54) is 17.6 Å². The number of hydrogen-bond donors (Lipinski definition) is 2. The highest BCUT2D eigenvalue weighted by Crippen LogP contribution is 2.35. The number of pyridine rings is 1. The lowest BCUT2D eigenvalue weighted by Gasteiger charge is -2.13. The first-order valence-corrected chi connectivity index (χ1v) is 8.41. The zero-order valence-corrected chi connectivity index (χ0v) is 15.0. The minimum atomic E-state index is -0.253. The predicted molar refractivity (Wildman–Crippen MR) is 103 cm³/mol. The number of fused-ring (bicyclic) bond motifs is 1. The molecule has 25 heavy (non-hydrogen) atoms. The number of thiophene rings is 1. The topological polar surface area (TPSA) is 78.3 Å². The van der Waals surface area contributed by atoms with Crippen molar-refractivity contribution in [3.63, 3.8) is 0 Å². The molecule has 0 aliphatic carbocycles. The quantitative estimate of drug-likeness (QED) is 0.686. The molecule has 0 bridgehead atoms. The van der Waals surface area contributed by atoms with Gasteiger partial charge in [-0.05, 0) is 30.3 Å². The van der Waals surface area contributed by atoms with Crippen LogP contribution in [0.5, 0.6) is 5.75 Å². The number of nitrogens with zero attached hydrogens (tertiary/aromatic N) is 2. The lowest BCUT2D eigenvalue weighted by Crippen LogP contribution is -2.13. The Morgan fingerprint density at radius 3 is 2.60 bits per heavy atom. The summed E-state index contributed by atoms with van der Waals surface area (Å²) in [6, 6.07) is 9.00. The molecule has 3 aromatic rings. The van der Waals surface area contributed by atoms with E-state index in [2.05, 4.69) is 10.3 Å². The molecule has 0 radical (unpaired) electrons. The van der Waals surface area contributed by atoms with Gasteiger partial charge in [-0.15, -0.1) is 11.3 Å². The van der Waals surface area contributed by atoms with Gasteiger partial charge in [-0.2, -0.15) is 0 Å². The van der Waals surface area contributed by atoms with Gasteiger partial charge in [0.15, 0.2) is 0 Å². The number of anilines is 2. The maximum Gasteiger partial charge on any atom is 0.266 e. The van der Waals surface area contributed by atoms with Crippen LogP contribution in [0.3, 0.4) is 0 Å². The molecule has 0 aliphatic rings. The maximum atomic E-state index is 12.7. The molecule has 6 nitrogen and oxygen atoms in total. The molecule has 2 N–H and O–H groups in total. The van der Waals surface area contributed by atoms with Crippen LogP contribution in [0.15, 0.2) is 36.5 Å². The fourth-order valence-electron chi connectivity index (χ4n) is 2.57. The average molecular weight is 354 g/mol. The number of benzene rings is 1. The molecule has 0 saturated carbocycles. The van der Waals surface area contributed by atoms with Gasteiger partial charge < -0.3 is 20.4 Å². The van der Waals surface area contributed by atoms with Crippen molar-refractivity contribution in [3.05, 3.63) is 47.0 Å². The van der Waals surface area contributed by atoms with E-state index in [9.17, 15) is 4.79 Å². The van der Waals surface area contributed by atoms with E-state index in [-0.39, 0.29) is 5.91 Å². The van der Waals surface area contributed by atoms with Crippen molar-refractivity contribution in [3.8, 4) is 5.75 Å². The third-order valence-electron chi connectivity index (χ3n) is 3.79. The van der Waals surface area contributed by atoms with E-state index in [0.717, 1.165) is 21.7 Å². The Bertz CT molecular complexity index is 932. The lowest BCUT2D eigenvalue weighted by molar-refractivity contribution is 0.103. The number of hydrogen-bond acceptors (Lipinski definition) is 6. The first kappa shape index (κ1) is 16.9. The van der Waals surface area contributed by atoms with E-state index < -0.39 is 0 Å². The molecule has 0 atom stereocenters. The lowest BCUT2D eigenvalue weighted by atomic mass is 10.1. The second kappa shape index (κ2) is 6.90. The Morgan fingerprint density at radius 1 is 1.28 bits per heavy atom. The normalized spacial score (nSPS) is 10.5. The van der Waals surface area contributed by atoms with Gasteiger partial charge in [0.25, 0.3) is 5.91 Å². The first-order valence-electron chi connectivity index (χ1n) is 7.60. The van der Waals surface area contributed by atoms with Gasteiger partial charge in [0.1, 0.15) is 15.5 Å². The van der Waals surface area contributed by atoms with Crippen molar-refractivity contribution in [1.82, 2.24) is 4.98 Å². The Labute approximate surface area is 149 Å². The van der Waals surface area contributed by atoms with Gasteiger partial charge in [-0.25, -0.2) is 4.98 Å². The Balaban J connectivity index is 2.01. The molecule has 3 rings (SSSR count). The summed E-state index contributed by atoms with van der Waals surface area (Å²) in [6.45, 7) is 0. The van der Waals surface area contributed by atoms with Crippen LogP contribution in [0.4, 0.5) is 11.4 Å². The van der Waals surface area contributed by atoms with Crippen LogP contribution in [0.25, 0.3) is 10.2 Å². The van der Waals surface area contributed by atoms with E-state index in [1.54, 1.807) is 37.6 Å². The summed E-state index contributed by atoms with van der Waals surface area (Å²) >= 11 is 1.29. The number of carbonyl (C=O) groups is 1. The van der Waals surface area contributed by atoms with Gasteiger partial charge in [0.2, 0.25) is 0 Å². The zero-order chi connectivity index (χ0) is 18.0. The van der Waals surface area contributed by atoms with Gasteiger partial charge >= 0.3 is 0 Å². The summed E-state index contributed by atoms with van der Waals surface area (Å²) in [5.41, 5.74) is 2.19. The van der Waals surface area contributed by atoms with Crippen LogP contribution in [0, 0.1) is 5.41 Å². The number of rotatable bonds is 5. The summed E-state index contributed by atoms with van der Waals surface area (Å²) < 4.78 is 5.12. The second-order valence-electron chi connectivity index (χ2n) is 5.58. The molecule has 128 valence electrons. The summed E-state index contributed by atoms with van der Waals surface area (Å²) in [4.78, 5) is 20.2. The van der Waals surface area contributed by atoms with Crippen LogP contribution in [-0.4, -0.2) is 38.3 Å². The number of amides is 1. The summed E-state index contributed by atoms with van der Waals surface area (Å²) in [6.07, 6.45) is 2.93. The van der Waals surface area contributed by atoms with Gasteiger partial charge in [0, 0.05) is 48.8 Å². The monoisotopic (exact) mass is 354 g/mol. The van der Waals surface area contributed by atoms with Crippen molar-refractivity contribution in [2.45, 2.75) is 0 Å². The van der Waals surface area contributed by atoms with Crippen molar-refractivity contribution >= 4 is 45.0 Å². The number of aromatic nitrogens is 1. The smallest absolute Gasteiger partial charge is 0.266 e. The van der Waals surface area contributed by atoms with Crippen LogP contribution in [0.2, 0.25) is 0 Å². The highest BCUT2D eigenvalue weighted by Gasteiger charge is 2.20. The van der Waals surface area contributed by atoms with E-state index in [1.807, 2.05) is 25.1 Å². The Morgan fingerprint density at radius 2 is 2.00 bits per heavy atom. The summed E-state index contributed by atoms with van der Waals surface area (Å²) in [5.74, 6) is 0.469. The van der Waals surface area contributed by atoms with Crippen molar-refractivity contribution < 1.29 is 9.53 Å². The van der Waals surface area contributed by atoms with E-state index in [4.69, 9.17) is 10.1 Å². The molecule has 0 spiro atoms. The van der Waals surface area contributed by atoms with Crippen LogP contribution < -0.4 is 15.0 Å². The molecule has 0 aliphatic heterocycles. The van der Waals surface area contributed by atoms with Crippen molar-refractivity contribution in [2.75, 3.05) is 31.4 Å². The van der Waals surface area contributed by atoms with Crippen LogP contribution >= 0.6 is 11.3 Å². The Hall–Kier alpha value is -2.93. The fourth-order valence-corrected chi connectivity index (χ4v) is 3.61. The molecule has 1 amide bonds. The minimum Gasteiger partial charge on any atom is -0.497 e. The molecule has 0 saturated heterocycles. The van der Waals surface area contributed by atoms with Crippen molar-refractivity contribution in [2.24, 2.45) is 0 Å². The number of methoxy groups -OCH3 is 1. The standard InChI is InChI=1S/C18H18N4O2S/c1-22(2)14-8-9-20-18-15(14)13(10-19)16(25-18)17(23)21-11-4-6-12(24-3)7-5-11/h4-10,19H,1-3H3,(H,21,23). The Kier molecular flexibility index (Phi) is 4.67. The molecule has 7 heteroatoms. The van der Waals surface area contributed by atoms with Gasteiger partial charge in [-0.3, -0.25) is 4.79 Å². The van der Waals surface area contributed by atoms with Gasteiger partial charge in [0.05, 0.1) is 7.11 Å². The summed E-state index contributed by atoms with van der Waals surface area (Å²) in [7, 11) is 5.45. The molecule has 2 heterocycles. The zero-order valence-electron chi connectivity index (χ0n) is 14.2. The largest absolute Gasteiger partial charge is 0.497 e. The molecule has 0 unspecified atom stereocenters. The van der Waals surface area contributed by atoms with Crippen molar-refractivity contribution in [1.29, 1.82) is 5.41 Å². The first-order chi connectivity index (χ1) is 12.0. The SMILES string of the molecule is COc1ccc(NC(=O)c2sc3nccc(N(C)C)c3c2C=N)cc1. The second-order valence-corrected chi connectivity index (χ2v) is 6.58. The molecule has 0 fully saturated rings. The number of nitrogens with one attached hydrogen (secondary N) is 2. The predicted octanol–water partition coefficient (Wildman–Crippen LogP) is 3.62. The third kappa shape index (κ3) is 3.18. The van der Waals surface area contributed by atoms with E-state index in [0.29, 0.717) is 16.1 Å². The minimum absolute atomic E-state index is 0.253. The maximum absolute atomic E-state index is 12.7. The van der Waals surface area contributed by atoms with Crippen LogP contribution in [0.1, 0.15) is 15.2 Å². The van der Waals surface area contributed by atoms with Crippen LogP contribution in [-0.2, 0) is 0 Å². The number of ether oxygens (including phenoxy) is 1. The summed E-state index contributed by atoms with van der Waals surface area (Å²) in [5, 5.41) is 11.5. The van der Waals surface area contributed by atoms with E-state index >= 15 is 0 Å². The molecular formula is C18H18N4O2S. The number of carbonyl (C=O) groups excluding carboxylic acids is 1. The molecule has 1 aromatic carbocycles. The average Bonchev–Trinajstić information content (AvgIpc) is 3.01. The highest BCUT2D eigenvalue weighted by atomic mass is 32.1.